The molecule has 0 aliphatic heterocycles. The van der Waals surface area contributed by atoms with Crippen molar-refractivity contribution in [2.75, 3.05) is 0 Å². The lowest BCUT2D eigenvalue weighted by Gasteiger charge is -2.03. The number of aryl methyl sites for hydroxylation is 1. The first-order chi connectivity index (χ1) is 8.65. The summed E-state index contributed by atoms with van der Waals surface area (Å²) in [6.45, 7) is 1.65. The summed E-state index contributed by atoms with van der Waals surface area (Å²) in [5, 5.41) is 13.3. The molecule has 0 bridgehead atoms. The molecule has 3 rings (SSSR count). The van der Waals surface area contributed by atoms with Gasteiger partial charge in [0.15, 0.2) is 0 Å². The van der Waals surface area contributed by atoms with Gasteiger partial charge in [-0.15, -0.1) is 0 Å². The molecule has 6 heteroatoms. The van der Waals surface area contributed by atoms with E-state index in [0.717, 1.165) is 5.69 Å². The van der Waals surface area contributed by atoms with E-state index in [0.29, 0.717) is 17.6 Å². The lowest BCUT2D eigenvalue weighted by atomic mass is 10.2. The number of carboxylic acid groups (broad SMARTS) is 1. The van der Waals surface area contributed by atoms with E-state index < -0.39 is 5.97 Å². The van der Waals surface area contributed by atoms with Crippen LogP contribution in [-0.2, 0) is 0 Å². The van der Waals surface area contributed by atoms with Gasteiger partial charge in [0, 0.05) is 18.3 Å². The highest BCUT2D eigenvalue weighted by Gasteiger charge is 2.26. The van der Waals surface area contributed by atoms with Crippen molar-refractivity contribution in [1.29, 1.82) is 0 Å². The number of hydrogen-bond acceptors (Lipinski definition) is 4. The Hall–Kier alpha value is -2.24. The van der Waals surface area contributed by atoms with E-state index in [-0.39, 0.29) is 5.56 Å². The Morgan fingerprint density at radius 1 is 1.50 bits per heavy atom. The van der Waals surface area contributed by atoms with Gasteiger partial charge >= 0.3 is 5.97 Å². The van der Waals surface area contributed by atoms with Crippen LogP contribution in [0.25, 0.3) is 5.95 Å². The maximum atomic E-state index is 10.9. The molecule has 0 unspecified atom stereocenters. The molecule has 2 aromatic heterocycles. The van der Waals surface area contributed by atoms with Gasteiger partial charge in [-0.25, -0.2) is 19.4 Å². The molecule has 1 aliphatic carbocycles. The fourth-order valence-electron chi connectivity index (χ4n) is 1.82. The lowest BCUT2D eigenvalue weighted by Crippen LogP contribution is -2.08. The first-order valence-corrected chi connectivity index (χ1v) is 5.78. The minimum Gasteiger partial charge on any atom is -0.478 e. The minimum absolute atomic E-state index is 0.119. The first kappa shape index (κ1) is 10.9. The quantitative estimate of drug-likeness (QED) is 0.885. The first-order valence-electron chi connectivity index (χ1n) is 5.78. The Balaban J connectivity index is 1.95. The van der Waals surface area contributed by atoms with E-state index >= 15 is 0 Å². The predicted molar refractivity (Wildman–Crippen MR) is 62.8 cm³/mol. The van der Waals surface area contributed by atoms with Gasteiger partial charge in [-0.2, -0.15) is 5.10 Å². The van der Waals surface area contributed by atoms with Gasteiger partial charge in [-0.1, -0.05) is 0 Å². The Morgan fingerprint density at radius 2 is 2.28 bits per heavy atom. The second kappa shape index (κ2) is 3.90. The van der Waals surface area contributed by atoms with Crippen LogP contribution in [0.3, 0.4) is 0 Å². The van der Waals surface area contributed by atoms with Gasteiger partial charge in [0.2, 0.25) is 0 Å². The van der Waals surface area contributed by atoms with Gasteiger partial charge in [0.1, 0.15) is 0 Å². The molecule has 0 spiro atoms. The number of aromatic nitrogens is 4. The Labute approximate surface area is 103 Å². The van der Waals surface area contributed by atoms with Crippen molar-refractivity contribution < 1.29 is 9.90 Å². The fraction of sp³-hybridized carbons (Fsp3) is 0.333. The van der Waals surface area contributed by atoms with Crippen molar-refractivity contribution in [2.24, 2.45) is 0 Å². The van der Waals surface area contributed by atoms with Crippen molar-refractivity contribution in [3.8, 4) is 5.95 Å². The molecule has 2 aromatic rings. The van der Waals surface area contributed by atoms with Crippen LogP contribution in [0.1, 0.15) is 40.5 Å². The number of hydrogen-bond donors (Lipinski definition) is 1. The second-order valence-corrected chi connectivity index (χ2v) is 4.43. The highest BCUT2D eigenvalue weighted by atomic mass is 16.4. The zero-order valence-electron chi connectivity index (χ0n) is 9.87. The average molecular weight is 244 g/mol. The van der Waals surface area contributed by atoms with E-state index in [1.54, 1.807) is 11.6 Å². The van der Waals surface area contributed by atoms with Crippen LogP contribution >= 0.6 is 0 Å². The van der Waals surface area contributed by atoms with Gasteiger partial charge in [0.25, 0.3) is 5.95 Å². The van der Waals surface area contributed by atoms with E-state index in [9.17, 15) is 4.79 Å². The van der Waals surface area contributed by atoms with Crippen LogP contribution in [0.2, 0.25) is 0 Å². The maximum absolute atomic E-state index is 10.9. The molecular weight excluding hydrogens is 232 g/mol. The molecule has 18 heavy (non-hydrogen) atoms. The standard InChI is InChI=1S/C12H12N4O2/c1-7-9(11(17)18)6-13-12(14-7)16-5-4-10(15-16)8-2-3-8/h4-6,8H,2-3H2,1H3,(H,17,18). The number of rotatable bonds is 3. The van der Waals surface area contributed by atoms with E-state index in [4.69, 9.17) is 5.11 Å². The Morgan fingerprint density at radius 3 is 2.89 bits per heavy atom. The second-order valence-electron chi connectivity index (χ2n) is 4.43. The van der Waals surface area contributed by atoms with E-state index in [2.05, 4.69) is 15.1 Å². The Bertz CT molecular complexity index is 616. The molecule has 0 radical (unpaired) electrons. The van der Waals surface area contributed by atoms with Gasteiger partial charge in [0.05, 0.1) is 17.0 Å². The SMILES string of the molecule is Cc1nc(-n2ccc(C3CC3)n2)ncc1C(=O)O. The number of carboxylic acids is 1. The molecule has 0 saturated heterocycles. The highest BCUT2D eigenvalue weighted by molar-refractivity contribution is 5.88. The van der Waals surface area contributed by atoms with Crippen LogP contribution in [0.5, 0.6) is 0 Å². The zero-order chi connectivity index (χ0) is 12.7. The minimum atomic E-state index is -1.02. The molecule has 0 amide bonds. The highest BCUT2D eigenvalue weighted by Crippen LogP contribution is 2.38. The van der Waals surface area contributed by atoms with Gasteiger partial charge in [-0.3, -0.25) is 0 Å². The number of carbonyl (C=O) groups is 1. The summed E-state index contributed by atoms with van der Waals surface area (Å²) < 4.78 is 1.59. The summed E-state index contributed by atoms with van der Waals surface area (Å²) in [5.41, 5.74) is 1.61. The summed E-state index contributed by atoms with van der Waals surface area (Å²) in [6.07, 6.45) is 5.51. The smallest absolute Gasteiger partial charge is 0.339 e. The van der Waals surface area contributed by atoms with Crippen molar-refractivity contribution in [1.82, 2.24) is 19.7 Å². The number of aromatic carboxylic acids is 1. The van der Waals surface area contributed by atoms with Crippen LogP contribution < -0.4 is 0 Å². The van der Waals surface area contributed by atoms with Crippen LogP contribution in [-0.4, -0.2) is 30.8 Å². The van der Waals surface area contributed by atoms with E-state index in [1.165, 1.54) is 19.0 Å². The van der Waals surface area contributed by atoms with Crippen molar-refractivity contribution in [3.05, 3.63) is 35.4 Å². The van der Waals surface area contributed by atoms with Gasteiger partial charge < -0.3 is 5.11 Å². The van der Waals surface area contributed by atoms with Crippen LogP contribution in [0.15, 0.2) is 18.5 Å². The molecule has 6 nitrogen and oxygen atoms in total. The molecule has 0 aromatic carbocycles. The zero-order valence-corrected chi connectivity index (χ0v) is 9.87. The van der Waals surface area contributed by atoms with Crippen molar-refractivity contribution in [2.45, 2.75) is 25.7 Å². The molecular formula is C12H12N4O2. The topological polar surface area (TPSA) is 80.9 Å². The third-order valence-corrected chi connectivity index (χ3v) is 3.01. The van der Waals surface area contributed by atoms with Gasteiger partial charge in [-0.05, 0) is 25.8 Å². The molecule has 0 atom stereocenters. The molecule has 92 valence electrons. The summed E-state index contributed by atoms with van der Waals surface area (Å²) in [5.74, 6) is -0.0341. The normalized spacial score (nSPS) is 14.7. The van der Waals surface area contributed by atoms with Crippen molar-refractivity contribution >= 4 is 5.97 Å². The summed E-state index contributed by atoms with van der Waals surface area (Å²) in [4.78, 5) is 19.1. The van der Waals surface area contributed by atoms with Crippen LogP contribution in [0, 0.1) is 6.92 Å². The third-order valence-electron chi connectivity index (χ3n) is 3.01. The monoisotopic (exact) mass is 244 g/mol. The largest absolute Gasteiger partial charge is 0.478 e. The predicted octanol–water partition coefficient (Wildman–Crippen LogP) is 1.55. The van der Waals surface area contributed by atoms with Crippen molar-refractivity contribution in [3.63, 3.8) is 0 Å². The lowest BCUT2D eigenvalue weighted by molar-refractivity contribution is 0.0695. The fourth-order valence-corrected chi connectivity index (χ4v) is 1.82. The van der Waals surface area contributed by atoms with E-state index in [1.807, 2.05) is 12.3 Å². The molecule has 1 aliphatic rings. The third kappa shape index (κ3) is 1.85. The maximum Gasteiger partial charge on any atom is 0.339 e. The summed E-state index contributed by atoms with van der Waals surface area (Å²) in [7, 11) is 0. The average Bonchev–Trinajstić information content (AvgIpc) is 3.06. The summed E-state index contributed by atoms with van der Waals surface area (Å²) in [6, 6.07) is 1.96. The molecule has 1 N–H and O–H groups in total. The van der Waals surface area contributed by atoms with Crippen LogP contribution in [0.4, 0.5) is 0 Å². The molecule has 1 saturated carbocycles. The number of nitrogens with zero attached hydrogens (tertiary/aromatic N) is 4. The summed E-state index contributed by atoms with van der Waals surface area (Å²) >= 11 is 0. The Kier molecular flexibility index (Phi) is 2.36. The molecule has 1 fully saturated rings. The molecule has 2 heterocycles.